The van der Waals surface area contributed by atoms with Crippen LogP contribution in [0.15, 0.2) is 91.0 Å². The van der Waals surface area contributed by atoms with Crippen LogP contribution in [0.25, 0.3) is 60.6 Å². The van der Waals surface area contributed by atoms with Crippen molar-refractivity contribution in [2.75, 3.05) is 13.2 Å². The summed E-state index contributed by atoms with van der Waals surface area (Å²) in [5.41, 5.74) is 8.13. The fourth-order valence-corrected chi connectivity index (χ4v) is 6.92. The van der Waals surface area contributed by atoms with E-state index in [4.69, 9.17) is 14.0 Å². The molecule has 182 valence electrons. The molecular weight excluding hydrogens is 479 g/mol. The predicted octanol–water partition coefficient (Wildman–Crippen LogP) is 7.87. The van der Waals surface area contributed by atoms with Crippen molar-refractivity contribution in [3.8, 4) is 28.1 Å². The van der Waals surface area contributed by atoms with Gasteiger partial charge in [0.1, 0.15) is 0 Å². The lowest BCUT2D eigenvalue weighted by Gasteiger charge is -2.18. The second kappa shape index (κ2) is 8.39. The minimum absolute atomic E-state index is 0.277. The van der Waals surface area contributed by atoms with Crippen molar-refractivity contribution in [1.82, 2.24) is 9.55 Å². The van der Waals surface area contributed by atoms with Crippen molar-refractivity contribution in [1.29, 1.82) is 0 Å². The van der Waals surface area contributed by atoms with E-state index in [0.717, 1.165) is 38.4 Å². The fraction of sp³-hybridized carbons (Fsp3) is 0.129. The largest absolute Gasteiger partial charge is 0.379 e. The summed E-state index contributed by atoms with van der Waals surface area (Å²) in [6, 6.07) is 31.4. The highest BCUT2D eigenvalue weighted by molar-refractivity contribution is 7.61. The number of pyridine rings is 1. The number of benzene rings is 4. The van der Waals surface area contributed by atoms with Gasteiger partial charge in [0.05, 0.1) is 35.6 Å². The van der Waals surface area contributed by atoms with Crippen molar-refractivity contribution in [2.45, 2.75) is 13.8 Å². The molecule has 0 saturated heterocycles. The summed E-state index contributed by atoms with van der Waals surface area (Å²) in [4.78, 5) is 4.94. The van der Waals surface area contributed by atoms with Crippen molar-refractivity contribution in [3.63, 3.8) is 0 Å². The SMILES string of the molecule is CCOP(=O)(OCC)c1ccc2cc(-c3c4c5ccccc5n3-4)cc(-c3cccc4ccccc34)c2n1. The van der Waals surface area contributed by atoms with Crippen molar-refractivity contribution in [2.24, 2.45) is 0 Å². The van der Waals surface area contributed by atoms with E-state index >= 15 is 0 Å². The molecule has 0 radical (unpaired) electrons. The van der Waals surface area contributed by atoms with Gasteiger partial charge in [-0.1, -0.05) is 66.7 Å². The average molecular weight is 505 g/mol. The zero-order chi connectivity index (χ0) is 25.1. The minimum atomic E-state index is -3.53. The summed E-state index contributed by atoms with van der Waals surface area (Å²) in [5, 5.41) is 4.59. The minimum Gasteiger partial charge on any atom is -0.304 e. The van der Waals surface area contributed by atoms with E-state index in [1.54, 1.807) is 6.07 Å². The molecule has 2 aliphatic rings. The lowest BCUT2D eigenvalue weighted by atomic mass is 9.94. The van der Waals surface area contributed by atoms with Crippen LogP contribution >= 0.6 is 7.60 Å². The molecule has 37 heavy (non-hydrogen) atoms. The predicted molar refractivity (Wildman–Crippen MR) is 151 cm³/mol. The van der Waals surface area contributed by atoms with Crippen LogP contribution in [-0.2, 0) is 13.6 Å². The van der Waals surface area contributed by atoms with Crippen LogP contribution in [0.5, 0.6) is 0 Å². The molecule has 4 aromatic carbocycles. The number of rotatable bonds is 7. The Morgan fingerprint density at radius 1 is 0.757 bits per heavy atom. The molecule has 0 bridgehead atoms. The molecule has 0 saturated carbocycles. The first-order valence-electron chi connectivity index (χ1n) is 12.6. The third kappa shape index (κ3) is 3.39. The normalized spacial score (nSPS) is 12.6. The molecule has 7 rings (SSSR count). The Balaban J connectivity index is 1.50. The molecule has 2 aliphatic heterocycles. The van der Waals surface area contributed by atoms with Gasteiger partial charge in [-0.05, 0) is 54.4 Å². The van der Waals surface area contributed by atoms with Gasteiger partial charge in [0.2, 0.25) is 0 Å². The van der Waals surface area contributed by atoms with Crippen LogP contribution in [0.2, 0.25) is 0 Å². The van der Waals surface area contributed by atoms with Crippen LogP contribution in [0.1, 0.15) is 13.8 Å². The zero-order valence-corrected chi connectivity index (χ0v) is 21.5. The first kappa shape index (κ1) is 22.4. The summed E-state index contributed by atoms with van der Waals surface area (Å²) in [5.74, 6) is 0. The van der Waals surface area contributed by atoms with E-state index in [0.29, 0.717) is 5.44 Å². The molecule has 0 aliphatic carbocycles. The van der Waals surface area contributed by atoms with Crippen LogP contribution in [0.3, 0.4) is 0 Å². The molecule has 5 aromatic rings. The second-order valence-corrected chi connectivity index (χ2v) is 11.1. The first-order valence-corrected chi connectivity index (χ1v) is 14.1. The van der Waals surface area contributed by atoms with Gasteiger partial charge in [-0.25, -0.2) is 4.98 Å². The highest BCUT2D eigenvalue weighted by Gasteiger charge is 2.34. The average Bonchev–Trinajstić information content (AvgIpc) is 3.60. The van der Waals surface area contributed by atoms with E-state index in [1.165, 1.54) is 22.3 Å². The molecule has 6 heteroatoms. The van der Waals surface area contributed by atoms with E-state index in [-0.39, 0.29) is 13.2 Å². The Labute approximate surface area is 214 Å². The number of nitrogens with zero attached hydrogens (tertiary/aromatic N) is 2. The smallest absolute Gasteiger partial charge is 0.304 e. The Morgan fingerprint density at radius 2 is 1.49 bits per heavy atom. The number of hydrogen-bond acceptors (Lipinski definition) is 4. The van der Waals surface area contributed by atoms with Crippen molar-refractivity contribution in [3.05, 3.63) is 91.0 Å². The van der Waals surface area contributed by atoms with Crippen LogP contribution in [-0.4, -0.2) is 22.8 Å². The number of aromatic nitrogens is 2. The molecule has 0 amide bonds. The standard InChI is InChI=1S/C31H25N2O3P/c1-3-35-37(34,36-4-2)28-17-16-21-18-22(30-31-25-13-7-8-15-27(25)33(30)31)19-26(29(21)32-28)24-14-9-11-20-10-5-6-12-23(20)24/h5-19H,3-4H2,1-2H3. The van der Waals surface area contributed by atoms with Gasteiger partial charge < -0.3 is 13.6 Å². The van der Waals surface area contributed by atoms with Gasteiger partial charge in [-0.3, -0.25) is 4.57 Å². The van der Waals surface area contributed by atoms with Crippen LogP contribution in [0.4, 0.5) is 0 Å². The zero-order valence-electron chi connectivity index (χ0n) is 20.6. The van der Waals surface area contributed by atoms with Gasteiger partial charge in [-0.2, -0.15) is 0 Å². The lowest BCUT2D eigenvalue weighted by molar-refractivity contribution is 0.229. The van der Waals surface area contributed by atoms with E-state index in [1.807, 2.05) is 19.9 Å². The Kier molecular flexibility index (Phi) is 5.09. The molecule has 0 unspecified atom stereocenters. The highest BCUT2D eigenvalue weighted by atomic mass is 31.2. The third-order valence-electron chi connectivity index (χ3n) is 7.03. The summed E-state index contributed by atoms with van der Waals surface area (Å²) in [7, 11) is -3.53. The van der Waals surface area contributed by atoms with Gasteiger partial charge in [0.15, 0.2) is 5.44 Å². The number of para-hydroxylation sites is 1. The molecule has 5 nitrogen and oxygen atoms in total. The van der Waals surface area contributed by atoms with Crippen molar-refractivity contribution >= 4 is 45.6 Å². The van der Waals surface area contributed by atoms with Crippen molar-refractivity contribution < 1.29 is 13.6 Å². The molecule has 0 N–H and O–H groups in total. The van der Waals surface area contributed by atoms with E-state index in [9.17, 15) is 4.57 Å². The number of hydrogen-bond donors (Lipinski definition) is 0. The van der Waals surface area contributed by atoms with Gasteiger partial charge in [-0.15, -0.1) is 0 Å². The maximum absolute atomic E-state index is 13.6. The maximum atomic E-state index is 13.6. The Bertz CT molecular complexity index is 1850. The van der Waals surface area contributed by atoms with E-state index in [2.05, 4.69) is 83.4 Å². The topological polar surface area (TPSA) is 53.4 Å². The van der Waals surface area contributed by atoms with Gasteiger partial charge >= 0.3 is 7.60 Å². The summed E-state index contributed by atoms with van der Waals surface area (Å²) >= 11 is 0. The fourth-order valence-electron chi connectivity index (χ4n) is 5.42. The quantitative estimate of drug-likeness (QED) is 0.207. The summed E-state index contributed by atoms with van der Waals surface area (Å²) < 4.78 is 27.2. The Morgan fingerprint density at radius 3 is 2.27 bits per heavy atom. The molecule has 0 atom stereocenters. The molecule has 0 spiro atoms. The first-order chi connectivity index (χ1) is 18.1. The Hall–Kier alpha value is -3.76. The number of fused-ring (bicyclic) bond motifs is 6. The lowest BCUT2D eigenvalue weighted by Crippen LogP contribution is -2.14. The second-order valence-electron chi connectivity index (χ2n) is 9.17. The molecular formula is C31H25N2O3P. The molecule has 0 fully saturated rings. The van der Waals surface area contributed by atoms with E-state index < -0.39 is 7.60 Å². The summed E-state index contributed by atoms with van der Waals surface area (Å²) in [6.07, 6.45) is 0. The molecule has 1 aromatic heterocycles. The monoisotopic (exact) mass is 504 g/mol. The third-order valence-corrected chi connectivity index (χ3v) is 9.04. The summed E-state index contributed by atoms with van der Waals surface area (Å²) in [6.45, 7) is 4.18. The van der Waals surface area contributed by atoms with Gasteiger partial charge in [0.25, 0.3) is 0 Å². The van der Waals surface area contributed by atoms with Crippen LogP contribution < -0.4 is 5.44 Å². The molecule has 3 heterocycles. The highest BCUT2D eigenvalue weighted by Crippen LogP contribution is 2.52. The maximum Gasteiger partial charge on any atom is 0.379 e. The van der Waals surface area contributed by atoms with Crippen LogP contribution in [0, 0.1) is 0 Å². The van der Waals surface area contributed by atoms with Gasteiger partial charge in [0, 0.05) is 21.9 Å².